The van der Waals surface area contributed by atoms with Crippen molar-refractivity contribution in [2.75, 3.05) is 6.61 Å². The molecule has 0 aromatic carbocycles. The van der Waals surface area contributed by atoms with E-state index in [0.717, 1.165) is 31.3 Å². The molecule has 0 unspecified atom stereocenters. The van der Waals surface area contributed by atoms with Crippen LogP contribution in [0, 0.1) is 28.6 Å². The molecular formula is C24H36O3. The number of hydrogen-bond acceptors (Lipinski definition) is 3. The lowest BCUT2D eigenvalue weighted by Gasteiger charge is -2.56. The molecule has 0 saturated heterocycles. The molecule has 4 rings (SSSR count). The highest BCUT2D eigenvalue weighted by molar-refractivity contribution is 5.69. The monoisotopic (exact) mass is 372 g/mol. The fourth-order valence-corrected chi connectivity index (χ4v) is 6.99. The fraction of sp³-hybridized carbons (Fsp3) is 0.792. The lowest BCUT2D eigenvalue weighted by atomic mass is 9.48. The van der Waals surface area contributed by atoms with Crippen molar-refractivity contribution in [1.82, 2.24) is 0 Å². The zero-order valence-corrected chi connectivity index (χ0v) is 17.6. The van der Waals surface area contributed by atoms with Gasteiger partial charge in [-0.15, -0.1) is 0 Å². The number of carbonyl (C=O) groups is 1. The first-order valence-corrected chi connectivity index (χ1v) is 11.2. The van der Waals surface area contributed by atoms with Crippen LogP contribution in [0.25, 0.3) is 0 Å². The average Bonchev–Trinajstić information content (AvgIpc) is 2.98. The Bertz CT molecular complexity index is 663. The molecular weight excluding hydrogens is 336 g/mol. The summed E-state index contributed by atoms with van der Waals surface area (Å²) >= 11 is 0. The number of ether oxygens (including phenoxy) is 2. The van der Waals surface area contributed by atoms with Crippen LogP contribution in [0.3, 0.4) is 0 Å². The van der Waals surface area contributed by atoms with Gasteiger partial charge in [0.05, 0.1) is 12.4 Å². The summed E-state index contributed by atoms with van der Waals surface area (Å²) in [7, 11) is 0. The Morgan fingerprint density at radius 1 is 1.15 bits per heavy atom. The lowest BCUT2D eigenvalue weighted by Crippen LogP contribution is -2.50. The number of carbonyl (C=O) groups excluding carboxylic acids is 1. The van der Waals surface area contributed by atoms with E-state index in [9.17, 15) is 4.79 Å². The molecule has 150 valence electrons. The van der Waals surface area contributed by atoms with Gasteiger partial charge in [0.1, 0.15) is 6.10 Å². The highest BCUT2D eigenvalue weighted by atomic mass is 16.5. The molecule has 3 nitrogen and oxygen atoms in total. The van der Waals surface area contributed by atoms with Gasteiger partial charge in [-0.1, -0.05) is 26.8 Å². The van der Waals surface area contributed by atoms with Gasteiger partial charge in [0.25, 0.3) is 0 Å². The van der Waals surface area contributed by atoms with Crippen molar-refractivity contribution in [3.05, 3.63) is 23.5 Å². The van der Waals surface area contributed by atoms with Gasteiger partial charge in [-0.05, 0) is 80.3 Å². The van der Waals surface area contributed by atoms with Crippen molar-refractivity contribution in [2.45, 2.75) is 85.2 Å². The summed E-state index contributed by atoms with van der Waals surface area (Å²) in [5, 5.41) is 0. The second-order valence-corrected chi connectivity index (χ2v) is 9.69. The van der Waals surface area contributed by atoms with Crippen LogP contribution in [0.15, 0.2) is 23.5 Å². The van der Waals surface area contributed by atoms with Gasteiger partial charge in [-0.3, -0.25) is 4.79 Å². The molecule has 0 aromatic heterocycles. The largest absolute Gasteiger partial charge is 0.498 e. The number of esters is 1. The Morgan fingerprint density at radius 3 is 2.70 bits per heavy atom. The molecule has 4 aliphatic carbocycles. The van der Waals surface area contributed by atoms with Crippen LogP contribution >= 0.6 is 0 Å². The van der Waals surface area contributed by atoms with Crippen LogP contribution in [0.5, 0.6) is 0 Å². The summed E-state index contributed by atoms with van der Waals surface area (Å²) in [6.07, 6.45) is 13.7. The van der Waals surface area contributed by atoms with E-state index in [1.807, 2.05) is 6.92 Å². The number of allylic oxidation sites excluding steroid dienone is 4. The maximum Gasteiger partial charge on any atom is 0.305 e. The summed E-state index contributed by atoms with van der Waals surface area (Å²) < 4.78 is 11.7. The number of hydrogen-bond donors (Lipinski definition) is 0. The molecule has 0 radical (unpaired) electrons. The van der Waals surface area contributed by atoms with Gasteiger partial charge in [0.2, 0.25) is 0 Å². The maximum atomic E-state index is 11.9. The minimum absolute atomic E-state index is 0.0253. The van der Waals surface area contributed by atoms with Gasteiger partial charge in [0, 0.05) is 18.3 Å². The van der Waals surface area contributed by atoms with E-state index in [1.165, 1.54) is 43.4 Å². The SMILES string of the molecule is CCOC1=CC2=CC[C@H]3[C@@H]4CC[C@H](OC(=O)CC)[C@@]4(C)CC[C@@H]3[C@@]2(C)CC1. The van der Waals surface area contributed by atoms with Crippen molar-refractivity contribution in [3.63, 3.8) is 0 Å². The van der Waals surface area contributed by atoms with Crippen LogP contribution in [-0.4, -0.2) is 18.7 Å². The molecule has 0 aromatic rings. The number of fused-ring (bicyclic) bond motifs is 5. The Hall–Kier alpha value is -1.25. The predicted molar refractivity (Wildman–Crippen MR) is 107 cm³/mol. The molecule has 0 aliphatic heterocycles. The molecule has 27 heavy (non-hydrogen) atoms. The topological polar surface area (TPSA) is 35.5 Å². The summed E-state index contributed by atoms with van der Waals surface area (Å²) in [6.45, 7) is 9.64. The van der Waals surface area contributed by atoms with E-state index >= 15 is 0 Å². The van der Waals surface area contributed by atoms with Crippen molar-refractivity contribution in [2.24, 2.45) is 28.6 Å². The van der Waals surface area contributed by atoms with Gasteiger partial charge in [-0.25, -0.2) is 0 Å². The summed E-state index contributed by atoms with van der Waals surface area (Å²) in [6, 6.07) is 0. The zero-order chi connectivity index (χ0) is 19.2. The average molecular weight is 373 g/mol. The summed E-state index contributed by atoms with van der Waals surface area (Å²) in [4.78, 5) is 11.9. The van der Waals surface area contributed by atoms with E-state index in [2.05, 4.69) is 32.9 Å². The molecule has 2 saturated carbocycles. The highest BCUT2D eigenvalue weighted by Gasteiger charge is 2.59. The third-order valence-electron chi connectivity index (χ3n) is 8.54. The molecule has 2 fully saturated rings. The Kier molecular flexibility index (Phi) is 4.93. The van der Waals surface area contributed by atoms with Crippen LogP contribution in [0.2, 0.25) is 0 Å². The molecule has 0 N–H and O–H groups in total. The van der Waals surface area contributed by atoms with E-state index in [0.29, 0.717) is 17.8 Å². The zero-order valence-electron chi connectivity index (χ0n) is 17.6. The van der Waals surface area contributed by atoms with Gasteiger partial charge < -0.3 is 9.47 Å². The van der Waals surface area contributed by atoms with Crippen LogP contribution in [0.1, 0.15) is 79.1 Å². The Balaban J connectivity index is 1.58. The first-order chi connectivity index (χ1) is 12.9. The van der Waals surface area contributed by atoms with Crippen molar-refractivity contribution in [1.29, 1.82) is 0 Å². The Labute approximate surface area is 164 Å². The standard InChI is InChI=1S/C24H36O3/c1-5-22(25)27-21-10-9-19-18-8-7-16-15-17(26-6-2)11-13-23(16,3)20(18)12-14-24(19,21)4/h7,15,18-21H,5-6,8-14H2,1-4H3/t18-,19-,20-,21-,23-,24-/m0/s1. The minimum atomic E-state index is -0.0253. The predicted octanol–water partition coefficient (Wildman–Crippen LogP) is 5.80. The summed E-state index contributed by atoms with van der Waals surface area (Å²) in [5.41, 5.74) is 1.99. The Morgan fingerprint density at radius 2 is 1.96 bits per heavy atom. The first-order valence-electron chi connectivity index (χ1n) is 11.2. The second-order valence-electron chi connectivity index (χ2n) is 9.69. The second kappa shape index (κ2) is 6.97. The van der Waals surface area contributed by atoms with Crippen LogP contribution in [0.4, 0.5) is 0 Å². The molecule has 6 atom stereocenters. The van der Waals surface area contributed by atoms with E-state index in [-0.39, 0.29) is 17.5 Å². The van der Waals surface area contributed by atoms with Crippen LogP contribution in [-0.2, 0) is 14.3 Å². The first kappa shape index (κ1) is 19.1. The smallest absolute Gasteiger partial charge is 0.305 e. The lowest BCUT2D eigenvalue weighted by molar-refractivity contribution is -0.158. The van der Waals surface area contributed by atoms with E-state index < -0.39 is 0 Å². The van der Waals surface area contributed by atoms with Gasteiger partial charge >= 0.3 is 5.97 Å². The van der Waals surface area contributed by atoms with Crippen LogP contribution < -0.4 is 0 Å². The van der Waals surface area contributed by atoms with E-state index in [4.69, 9.17) is 9.47 Å². The van der Waals surface area contributed by atoms with Crippen molar-refractivity contribution in [3.8, 4) is 0 Å². The van der Waals surface area contributed by atoms with Gasteiger partial charge in [0.15, 0.2) is 0 Å². The molecule has 0 heterocycles. The van der Waals surface area contributed by atoms with Gasteiger partial charge in [-0.2, -0.15) is 0 Å². The third-order valence-corrected chi connectivity index (χ3v) is 8.54. The normalized spacial score (nSPS) is 43.0. The third kappa shape index (κ3) is 2.96. The molecule has 4 aliphatic rings. The molecule has 0 amide bonds. The van der Waals surface area contributed by atoms with Crippen molar-refractivity contribution >= 4 is 5.97 Å². The molecule has 0 spiro atoms. The minimum Gasteiger partial charge on any atom is -0.498 e. The number of rotatable bonds is 4. The molecule has 0 bridgehead atoms. The maximum absolute atomic E-state index is 11.9. The highest BCUT2D eigenvalue weighted by Crippen LogP contribution is 2.65. The fourth-order valence-electron chi connectivity index (χ4n) is 6.99. The summed E-state index contributed by atoms with van der Waals surface area (Å²) in [5.74, 6) is 3.34. The molecule has 3 heteroatoms. The quantitative estimate of drug-likeness (QED) is 0.585. The van der Waals surface area contributed by atoms with E-state index in [1.54, 1.807) is 0 Å². The van der Waals surface area contributed by atoms with Crippen molar-refractivity contribution < 1.29 is 14.3 Å².